The minimum atomic E-state index is 0.416. The summed E-state index contributed by atoms with van der Waals surface area (Å²) < 4.78 is 0. The van der Waals surface area contributed by atoms with Crippen LogP contribution in [0, 0.1) is 22.7 Å². The van der Waals surface area contributed by atoms with Gasteiger partial charge in [0, 0.05) is 6.61 Å². The number of rotatable bonds is 3. The van der Waals surface area contributed by atoms with Crippen molar-refractivity contribution in [3.8, 4) is 0 Å². The SMILES string of the molecule is CCC12CC3CC(C1)CC(CCO)(C3)C2. The van der Waals surface area contributed by atoms with Crippen molar-refractivity contribution < 1.29 is 5.11 Å². The average Bonchev–Trinajstić information content (AvgIpc) is 2.15. The highest BCUT2D eigenvalue weighted by molar-refractivity contribution is 5.06. The topological polar surface area (TPSA) is 20.2 Å². The molecule has 0 aromatic heterocycles. The summed E-state index contributed by atoms with van der Waals surface area (Å²) in [5.74, 6) is 2.02. The molecule has 4 bridgehead atoms. The Labute approximate surface area is 93.3 Å². The first-order valence-electron chi connectivity index (χ1n) is 6.80. The second-order valence-electron chi connectivity index (χ2n) is 6.79. The molecule has 0 aromatic carbocycles. The zero-order valence-corrected chi connectivity index (χ0v) is 9.97. The minimum Gasteiger partial charge on any atom is -0.396 e. The van der Waals surface area contributed by atoms with Gasteiger partial charge in [0.15, 0.2) is 0 Å². The van der Waals surface area contributed by atoms with Crippen LogP contribution >= 0.6 is 0 Å². The predicted molar refractivity (Wildman–Crippen MR) is 61.5 cm³/mol. The molecule has 2 atom stereocenters. The fourth-order valence-corrected chi connectivity index (χ4v) is 5.59. The molecule has 0 amide bonds. The van der Waals surface area contributed by atoms with E-state index < -0.39 is 0 Å². The van der Waals surface area contributed by atoms with Crippen molar-refractivity contribution >= 4 is 0 Å². The monoisotopic (exact) mass is 208 g/mol. The number of aliphatic hydroxyl groups excluding tert-OH is 1. The second kappa shape index (κ2) is 3.23. The third kappa shape index (κ3) is 1.46. The van der Waals surface area contributed by atoms with Gasteiger partial charge in [0.25, 0.3) is 0 Å². The van der Waals surface area contributed by atoms with Gasteiger partial charge in [0.1, 0.15) is 0 Å². The normalized spacial score (nSPS) is 52.4. The van der Waals surface area contributed by atoms with Crippen LogP contribution in [0.25, 0.3) is 0 Å². The number of hydrogen-bond acceptors (Lipinski definition) is 1. The molecule has 4 aliphatic carbocycles. The summed E-state index contributed by atoms with van der Waals surface area (Å²) in [5.41, 5.74) is 1.26. The van der Waals surface area contributed by atoms with E-state index in [2.05, 4.69) is 6.92 Å². The standard InChI is InChI=1S/C14H24O/c1-2-13-6-11-5-12(7-13)9-14(8-11,10-13)3-4-15/h11-12,15H,2-10H2,1H3. The first kappa shape index (κ1) is 10.1. The van der Waals surface area contributed by atoms with E-state index in [-0.39, 0.29) is 0 Å². The maximum Gasteiger partial charge on any atom is 0.0436 e. The zero-order chi connectivity index (χ0) is 10.5. The third-order valence-electron chi connectivity index (χ3n) is 5.70. The van der Waals surface area contributed by atoms with Crippen LogP contribution in [0.4, 0.5) is 0 Å². The molecular formula is C14H24O. The molecule has 4 aliphatic rings. The van der Waals surface area contributed by atoms with E-state index in [0.29, 0.717) is 17.4 Å². The summed E-state index contributed by atoms with van der Waals surface area (Å²) in [6, 6.07) is 0. The van der Waals surface area contributed by atoms with E-state index in [4.69, 9.17) is 0 Å². The van der Waals surface area contributed by atoms with Gasteiger partial charge in [-0.05, 0) is 67.6 Å². The highest BCUT2D eigenvalue weighted by atomic mass is 16.3. The van der Waals surface area contributed by atoms with E-state index in [1.165, 1.54) is 44.9 Å². The largest absolute Gasteiger partial charge is 0.396 e. The van der Waals surface area contributed by atoms with Gasteiger partial charge >= 0.3 is 0 Å². The molecule has 0 spiro atoms. The smallest absolute Gasteiger partial charge is 0.0436 e. The Kier molecular flexibility index (Phi) is 2.18. The van der Waals surface area contributed by atoms with E-state index in [1.54, 1.807) is 0 Å². The van der Waals surface area contributed by atoms with E-state index in [9.17, 15) is 5.11 Å². The fourth-order valence-electron chi connectivity index (χ4n) is 5.59. The maximum absolute atomic E-state index is 9.28. The molecule has 4 saturated carbocycles. The highest BCUT2D eigenvalue weighted by Gasteiger charge is 2.56. The lowest BCUT2D eigenvalue weighted by molar-refractivity contribution is -0.119. The van der Waals surface area contributed by atoms with Gasteiger partial charge in [-0.2, -0.15) is 0 Å². The first-order chi connectivity index (χ1) is 7.19. The quantitative estimate of drug-likeness (QED) is 0.754. The minimum absolute atomic E-state index is 0.416. The lowest BCUT2D eigenvalue weighted by atomic mass is 9.43. The van der Waals surface area contributed by atoms with Crippen LogP contribution in [-0.4, -0.2) is 11.7 Å². The van der Waals surface area contributed by atoms with Gasteiger partial charge in [-0.15, -0.1) is 0 Å². The van der Waals surface area contributed by atoms with Crippen LogP contribution < -0.4 is 0 Å². The summed E-state index contributed by atoms with van der Waals surface area (Å²) in [7, 11) is 0. The van der Waals surface area contributed by atoms with Gasteiger partial charge in [0.05, 0.1) is 0 Å². The van der Waals surface area contributed by atoms with Gasteiger partial charge in [0.2, 0.25) is 0 Å². The Morgan fingerprint density at radius 1 is 1.07 bits per heavy atom. The summed E-state index contributed by atoms with van der Waals surface area (Å²) in [4.78, 5) is 0. The zero-order valence-electron chi connectivity index (χ0n) is 9.97. The van der Waals surface area contributed by atoms with Crippen molar-refractivity contribution in [1.29, 1.82) is 0 Å². The van der Waals surface area contributed by atoms with Crippen LogP contribution in [0.5, 0.6) is 0 Å². The van der Waals surface area contributed by atoms with Gasteiger partial charge < -0.3 is 5.11 Å². The van der Waals surface area contributed by atoms with Crippen molar-refractivity contribution in [2.45, 2.75) is 58.3 Å². The first-order valence-corrected chi connectivity index (χ1v) is 6.80. The molecule has 0 saturated heterocycles. The van der Waals surface area contributed by atoms with E-state index in [0.717, 1.165) is 18.3 Å². The van der Waals surface area contributed by atoms with Crippen LogP contribution in [-0.2, 0) is 0 Å². The fraction of sp³-hybridized carbons (Fsp3) is 1.00. The predicted octanol–water partition coefficient (Wildman–Crippen LogP) is 3.37. The Balaban J connectivity index is 1.88. The Morgan fingerprint density at radius 2 is 1.67 bits per heavy atom. The van der Waals surface area contributed by atoms with Gasteiger partial charge in [-0.3, -0.25) is 0 Å². The van der Waals surface area contributed by atoms with Crippen molar-refractivity contribution in [1.82, 2.24) is 0 Å². The van der Waals surface area contributed by atoms with Crippen molar-refractivity contribution in [2.24, 2.45) is 22.7 Å². The molecule has 1 nitrogen and oxygen atoms in total. The number of hydrogen-bond donors (Lipinski definition) is 1. The molecule has 1 heteroatoms. The van der Waals surface area contributed by atoms with Crippen LogP contribution in [0.15, 0.2) is 0 Å². The summed E-state index contributed by atoms with van der Waals surface area (Å²) in [5, 5.41) is 9.28. The molecule has 4 rings (SSSR count). The molecule has 4 fully saturated rings. The van der Waals surface area contributed by atoms with Gasteiger partial charge in [-0.25, -0.2) is 0 Å². The van der Waals surface area contributed by atoms with Gasteiger partial charge in [-0.1, -0.05) is 13.3 Å². The Morgan fingerprint density at radius 3 is 2.20 bits per heavy atom. The summed E-state index contributed by atoms with van der Waals surface area (Å²) in [6.07, 6.45) is 11.3. The molecule has 0 aromatic rings. The van der Waals surface area contributed by atoms with E-state index in [1.807, 2.05) is 0 Å². The number of aliphatic hydroxyl groups is 1. The Hall–Kier alpha value is -0.0400. The molecule has 0 heterocycles. The van der Waals surface area contributed by atoms with Crippen molar-refractivity contribution in [3.63, 3.8) is 0 Å². The molecule has 2 unspecified atom stereocenters. The Bertz CT molecular complexity index is 244. The van der Waals surface area contributed by atoms with Crippen LogP contribution in [0.2, 0.25) is 0 Å². The lowest BCUT2D eigenvalue weighted by Crippen LogP contribution is -2.51. The molecular weight excluding hydrogens is 184 g/mol. The van der Waals surface area contributed by atoms with Crippen LogP contribution in [0.3, 0.4) is 0 Å². The molecule has 0 radical (unpaired) electrons. The molecule has 15 heavy (non-hydrogen) atoms. The molecule has 86 valence electrons. The summed E-state index contributed by atoms with van der Waals surface area (Å²) >= 11 is 0. The lowest BCUT2D eigenvalue weighted by Gasteiger charge is -2.62. The molecule has 1 N–H and O–H groups in total. The summed E-state index contributed by atoms with van der Waals surface area (Å²) in [6.45, 7) is 2.80. The average molecular weight is 208 g/mol. The highest BCUT2D eigenvalue weighted by Crippen LogP contribution is 2.67. The third-order valence-corrected chi connectivity index (χ3v) is 5.70. The second-order valence-corrected chi connectivity index (χ2v) is 6.79. The van der Waals surface area contributed by atoms with E-state index >= 15 is 0 Å². The van der Waals surface area contributed by atoms with Crippen molar-refractivity contribution in [2.75, 3.05) is 6.61 Å². The maximum atomic E-state index is 9.28. The molecule has 0 aliphatic heterocycles. The van der Waals surface area contributed by atoms with Crippen molar-refractivity contribution in [3.05, 3.63) is 0 Å². The van der Waals surface area contributed by atoms with Crippen LogP contribution in [0.1, 0.15) is 58.3 Å².